The van der Waals surface area contributed by atoms with Crippen LogP contribution < -0.4 is 16.0 Å². The van der Waals surface area contributed by atoms with Gasteiger partial charge in [-0.2, -0.15) is 0 Å². The molecule has 86 valence electrons. The van der Waals surface area contributed by atoms with Crippen LogP contribution in [0.1, 0.15) is 12.0 Å². The summed E-state index contributed by atoms with van der Waals surface area (Å²) < 4.78 is 0. The highest BCUT2D eigenvalue weighted by Crippen LogP contribution is 2.24. The number of nitrogens with one attached hydrogen (secondary N) is 1. The van der Waals surface area contributed by atoms with Gasteiger partial charge < -0.3 is 16.0 Å². The minimum absolute atomic E-state index is 0.129. The number of carbonyl (C=O) groups is 1. The standard InChI is InChI=1S/C12H17N3O/c1-9-10(13)3-2-4-11(9)15-7-5-12(16)14-6-8-15/h2-4H,5-8,13H2,1H3,(H,14,16). The Morgan fingerprint density at radius 3 is 3.00 bits per heavy atom. The van der Waals surface area contributed by atoms with Gasteiger partial charge in [0.15, 0.2) is 0 Å². The fourth-order valence-electron chi connectivity index (χ4n) is 1.99. The summed E-state index contributed by atoms with van der Waals surface area (Å²) >= 11 is 0. The topological polar surface area (TPSA) is 58.4 Å². The summed E-state index contributed by atoms with van der Waals surface area (Å²) in [6, 6.07) is 5.92. The monoisotopic (exact) mass is 219 g/mol. The average Bonchev–Trinajstić information content (AvgIpc) is 2.47. The van der Waals surface area contributed by atoms with E-state index in [4.69, 9.17) is 5.73 Å². The molecular weight excluding hydrogens is 202 g/mol. The Bertz CT molecular complexity index is 403. The molecule has 0 unspecified atom stereocenters. The van der Waals surface area contributed by atoms with Gasteiger partial charge in [0.2, 0.25) is 5.91 Å². The molecule has 1 fully saturated rings. The lowest BCUT2D eigenvalue weighted by Gasteiger charge is -2.24. The first kappa shape index (κ1) is 10.8. The number of hydrogen-bond acceptors (Lipinski definition) is 3. The van der Waals surface area contributed by atoms with Gasteiger partial charge in [-0.1, -0.05) is 6.07 Å². The molecular formula is C12H17N3O. The summed E-state index contributed by atoms with van der Waals surface area (Å²) in [6.45, 7) is 4.32. The van der Waals surface area contributed by atoms with E-state index in [1.54, 1.807) is 0 Å². The first-order valence-electron chi connectivity index (χ1n) is 5.55. The quantitative estimate of drug-likeness (QED) is 0.690. The third kappa shape index (κ3) is 2.10. The van der Waals surface area contributed by atoms with Crippen LogP contribution in [-0.4, -0.2) is 25.5 Å². The van der Waals surface area contributed by atoms with Crippen LogP contribution in [0.5, 0.6) is 0 Å². The van der Waals surface area contributed by atoms with Crippen molar-refractivity contribution in [2.24, 2.45) is 0 Å². The van der Waals surface area contributed by atoms with Crippen LogP contribution in [0.3, 0.4) is 0 Å². The molecule has 1 heterocycles. The minimum atomic E-state index is 0.129. The van der Waals surface area contributed by atoms with E-state index in [9.17, 15) is 4.79 Å². The molecule has 3 N–H and O–H groups in total. The van der Waals surface area contributed by atoms with Gasteiger partial charge in [0.25, 0.3) is 0 Å². The highest BCUT2D eigenvalue weighted by molar-refractivity contribution is 5.77. The van der Waals surface area contributed by atoms with Crippen LogP contribution in [0.15, 0.2) is 18.2 Å². The van der Waals surface area contributed by atoms with Crippen molar-refractivity contribution in [2.45, 2.75) is 13.3 Å². The zero-order valence-electron chi connectivity index (χ0n) is 9.49. The molecule has 1 aromatic carbocycles. The maximum Gasteiger partial charge on any atom is 0.221 e. The van der Waals surface area contributed by atoms with Crippen molar-refractivity contribution in [3.63, 3.8) is 0 Å². The van der Waals surface area contributed by atoms with Crippen LogP contribution in [0.4, 0.5) is 11.4 Å². The number of nitrogen functional groups attached to an aromatic ring is 1. The van der Waals surface area contributed by atoms with E-state index in [0.717, 1.165) is 30.0 Å². The van der Waals surface area contributed by atoms with E-state index in [2.05, 4.69) is 16.3 Å². The van der Waals surface area contributed by atoms with Gasteiger partial charge in [-0.25, -0.2) is 0 Å². The van der Waals surface area contributed by atoms with E-state index in [1.165, 1.54) is 0 Å². The Morgan fingerprint density at radius 1 is 1.38 bits per heavy atom. The van der Waals surface area contributed by atoms with Crippen LogP contribution in [0.2, 0.25) is 0 Å². The normalized spacial score (nSPS) is 16.8. The first-order valence-corrected chi connectivity index (χ1v) is 5.55. The highest BCUT2D eigenvalue weighted by atomic mass is 16.1. The molecule has 0 saturated carbocycles. The molecule has 1 saturated heterocycles. The Morgan fingerprint density at radius 2 is 2.19 bits per heavy atom. The molecule has 4 nitrogen and oxygen atoms in total. The van der Waals surface area contributed by atoms with Gasteiger partial charge in [0.1, 0.15) is 0 Å². The lowest BCUT2D eigenvalue weighted by molar-refractivity contribution is -0.120. The van der Waals surface area contributed by atoms with E-state index < -0.39 is 0 Å². The molecule has 16 heavy (non-hydrogen) atoms. The highest BCUT2D eigenvalue weighted by Gasteiger charge is 2.15. The third-order valence-corrected chi connectivity index (χ3v) is 3.00. The fraction of sp³-hybridized carbons (Fsp3) is 0.417. The second-order valence-corrected chi connectivity index (χ2v) is 4.08. The molecule has 1 aliphatic heterocycles. The second-order valence-electron chi connectivity index (χ2n) is 4.08. The zero-order chi connectivity index (χ0) is 11.5. The van der Waals surface area contributed by atoms with Crippen molar-refractivity contribution in [3.05, 3.63) is 23.8 Å². The van der Waals surface area contributed by atoms with Crippen molar-refractivity contribution in [1.29, 1.82) is 0 Å². The average molecular weight is 219 g/mol. The summed E-state index contributed by atoms with van der Waals surface area (Å²) in [5.74, 6) is 0.129. The molecule has 0 radical (unpaired) electrons. The summed E-state index contributed by atoms with van der Waals surface area (Å²) in [7, 11) is 0. The van der Waals surface area contributed by atoms with E-state index in [-0.39, 0.29) is 5.91 Å². The molecule has 1 amide bonds. The van der Waals surface area contributed by atoms with Crippen molar-refractivity contribution in [3.8, 4) is 0 Å². The molecule has 4 heteroatoms. The molecule has 0 bridgehead atoms. The number of amides is 1. The van der Waals surface area contributed by atoms with Gasteiger partial charge >= 0.3 is 0 Å². The van der Waals surface area contributed by atoms with Crippen molar-refractivity contribution in [2.75, 3.05) is 30.3 Å². The van der Waals surface area contributed by atoms with Crippen LogP contribution in [0.25, 0.3) is 0 Å². The molecule has 1 aliphatic rings. The summed E-state index contributed by atoms with van der Waals surface area (Å²) in [4.78, 5) is 13.5. The number of benzene rings is 1. The van der Waals surface area contributed by atoms with E-state index in [0.29, 0.717) is 13.0 Å². The molecule has 0 spiro atoms. The predicted octanol–water partition coefficient (Wildman–Crippen LogP) is 0.904. The zero-order valence-corrected chi connectivity index (χ0v) is 9.49. The number of hydrogen-bond donors (Lipinski definition) is 2. The first-order chi connectivity index (χ1) is 7.68. The van der Waals surface area contributed by atoms with Crippen LogP contribution >= 0.6 is 0 Å². The fourth-order valence-corrected chi connectivity index (χ4v) is 1.99. The van der Waals surface area contributed by atoms with Gasteiger partial charge in [0, 0.05) is 37.4 Å². The van der Waals surface area contributed by atoms with Crippen LogP contribution in [0, 0.1) is 6.92 Å². The van der Waals surface area contributed by atoms with Crippen molar-refractivity contribution >= 4 is 17.3 Å². The van der Waals surface area contributed by atoms with Crippen molar-refractivity contribution in [1.82, 2.24) is 5.32 Å². The smallest absolute Gasteiger partial charge is 0.221 e. The SMILES string of the molecule is Cc1c(N)cccc1N1CCNC(=O)CC1. The Hall–Kier alpha value is -1.71. The molecule has 0 atom stereocenters. The number of nitrogens with zero attached hydrogens (tertiary/aromatic N) is 1. The lowest BCUT2D eigenvalue weighted by atomic mass is 10.1. The van der Waals surface area contributed by atoms with Gasteiger partial charge in [-0.15, -0.1) is 0 Å². The van der Waals surface area contributed by atoms with Gasteiger partial charge in [-0.05, 0) is 24.6 Å². The maximum absolute atomic E-state index is 11.2. The number of rotatable bonds is 1. The van der Waals surface area contributed by atoms with Gasteiger partial charge in [-0.3, -0.25) is 4.79 Å². The van der Waals surface area contributed by atoms with Crippen LogP contribution in [-0.2, 0) is 4.79 Å². The lowest BCUT2D eigenvalue weighted by Crippen LogP contribution is -2.28. The number of anilines is 2. The number of carbonyl (C=O) groups excluding carboxylic acids is 1. The van der Waals surface area contributed by atoms with Gasteiger partial charge in [0.05, 0.1) is 0 Å². The predicted molar refractivity (Wildman–Crippen MR) is 65.4 cm³/mol. The molecule has 1 aromatic rings. The summed E-state index contributed by atoms with van der Waals surface area (Å²) in [5.41, 5.74) is 8.92. The summed E-state index contributed by atoms with van der Waals surface area (Å²) in [6.07, 6.45) is 0.550. The number of nitrogens with two attached hydrogens (primary N) is 1. The van der Waals surface area contributed by atoms with E-state index >= 15 is 0 Å². The second kappa shape index (κ2) is 4.43. The van der Waals surface area contributed by atoms with Crippen molar-refractivity contribution < 1.29 is 4.79 Å². The van der Waals surface area contributed by atoms with E-state index in [1.807, 2.05) is 19.1 Å². The Labute approximate surface area is 95.4 Å². The maximum atomic E-state index is 11.2. The minimum Gasteiger partial charge on any atom is -0.398 e. The summed E-state index contributed by atoms with van der Waals surface area (Å²) in [5, 5.41) is 2.87. The Balaban J connectivity index is 2.23. The largest absolute Gasteiger partial charge is 0.398 e. The Kier molecular flexibility index (Phi) is 2.99. The molecule has 0 aliphatic carbocycles. The molecule has 2 rings (SSSR count). The third-order valence-electron chi connectivity index (χ3n) is 3.00. The molecule has 0 aromatic heterocycles.